The third-order valence-corrected chi connectivity index (χ3v) is 10.7. The van der Waals surface area contributed by atoms with Crippen LogP contribution < -0.4 is 5.32 Å². The van der Waals surface area contributed by atoms with Crippen molar-refractivity contribution >= 4 is 23.3 Å². The zero-order valence-electron chi connectivity index (χ0n) is 24.4. The number of hydrogen-bond acceptors (Lipinski definition) is 4. The van der Waals surface area contributed by atoms with Crippen molar-refractivity contribution in [2.75, 3.05) is 5.32 Å². The van der Waals surface area contributed by atoms with E-state index in [9.17, 15) is 37.8 Å². The van der Waals surface area contributed by atoms with Crippen LogP contribution in [0.5, 0.6) is 0 Å². The summed E-state index contributed by atoms with van der Waals surface area (Å²) in [6.45, 7) is 1.36. The molecule has 0 spiro atoms. The molecule has 0 aliphatic heterocycles. The Kier molecular flexibility index (Phi) is 7.34. The quantitative estimate of drug-likeness (QED) is 0.298. The van der Waals surface area contributed by atoms with Gasteiger partial charge in [0.05, 0.1) is 5.56 Å². The molecule has 2 fully saturated rings. The van der Waals surface area contributed by atoms with Crippen LogP contribution in [0.1, 0.15) is 84.1 Å². The first-order chi connectivity index (χ1) is 21.1. The number of carboxylic acid groups (broad SMARTS) is 1. The van der Waals surface area contributed by atoms with Gasteiger partial charge in [-0.15, -0.1) is 0 Å². The number of carbonyl (C=O) groups is 3. The molecule has 2 unspecified atom stereocenters. The summed E-state index contributed by atoms with van der Waals surface area (Å²) >= 11 is 0. The minimum Gasteiger partial charge on any atom is -0.478 e. The minimum atomic E-state index is -5.93. The molecule has 4 aliphatic carbocycles. The Morgan fingerprint density at radius 2 is 1.67 bits per heavy atom. The fraction of sp³-hybridized carbons (Fsp3) is 0.441. The van der Waals surface area contributed by atoms with E-state index in [1.165, 1.54) is 43.3 Å². The van der Waals surface area contributed by atoms with Crippen LogP contribution in [0, 0.1) is 17.3 Å². The zero-order valence-corrected chi connectivity index (χ0v) is 24.4. The van der Waals surface area contributed by atoms with E-state index < -0.39 is 53.2 Å². The summed E-state index contributed by atoms with van der Waals surface area (Å²) in [5.41, 5.74) is -1.23. The van der Waals surface area contributed by atoms with Crippen LogP contribution in [0.3, 0.4) is 0 Å². The number of alkyl halides is 5. The van der Waals surface area contributed by atoms with Gasteiger partial charge >= 0.3 is 18.1 Å². The lowest BCUT2D eigenvalue weighted by molar-refractivity contribution is -0.362. The van der Waals surface area contributed by atoms with Crippen molar-refractivity contribution in [3.05, 3.63) is 88.0 Å². The van der Waals surface area contributed by atoms with Crippen LogP contribution >= 0.6 is 0 Å². The Balaban J connectivity index is 1.39. The smallest absolute Gasteiger partial charge is 0.456 e. The number of aliphatic hydroxyl groups is 1. The maximum atomic E-state index is 15.2. The summed E-state index contributed by atoms with van der Waals surface area (Å²) < 4.78 is 71.7. The van der Waals surface area contributed by atoms with E-state index in [0.717, 1.165) is 16.7 Å². The lowest BCUT2D eigenvalue weighted by Gasteiger charge is -2.56. The third kappa shape index (κ3) is 4.81. The molecule has 6 rings (SSSR count). The zero-order chi connectivity index (χ0) is 32.5. The van der Waals surface area contributed by atoms with E-state index >= 15 is 8.78 Å². The summed E-state index contributed by atoms with van der Waals surface area (Å²) in [7, 11) is 0. The molecular formula is C34H32F5NO5. The standard InChI is InChI=1S/C34H32F5NO5/c1-31-17-26(18-5-7-19(8-6-18)29(42)40-22-4-2-3-21(15-22)30(43)44)28-24-12-10-23(41)16-20(24)9-11-25(28)27(31)13-14-32(31,45)33(35,36)34(37,38)39/h2-8,15-16,25-27,45H,9-14,17H2,1H3,(H,40,42)(H,43,44)/t25?,26-,27+,31?,32+/m1/s1. The van der Waals surface area contributed by atoms with Gasteiger partial charge in [0.1, 0.15) is 5.60 Å². The van der Waals surface area contributed by atoms with E-state index in [0.29, 0.717) is 24.8 Å². The maximum Gasteiger partial charge on any atom is 0.456 e. The molecule has 2 aromatic rings. The number of halogens is 5. The number of fused-ring (bicyclic) bond motifs is 4. The van der Waals surface area contributed by atoms with Gasteiger partial charge in [-0.05, 0) is 103 Å². The number of benzene rings is 2. The minimum absolute atomic E-state index is 0.00526. The number of rotatable bonds is 5. The van der Waals surface area contributed by atoms with Gasteiger partial charge in [0.25, 0.3) is 5.91 Å². The second-order valence-corrected chi connectivity index (χ2v) is 12.9. The number of aromatic carboxylic acids is 1. The summed E-state index contributed by atoms with van der Waals surface area (Å²) in [4.78, 5) is 36.5. The lowest BCUT2D eigenvalue weighted by atomic mass is 9.50. The molecule has 238 valence electrons. The van der Waals surface area contributed by atoms with Gasteiger partial charge in [-0.1, -0.05) is 30.7 Å². The van der Waals surface area contributed by atoms with Crippen LogP contribution in [0.4, 0.5) is 27.6 Å². The number of anilines is 1. The average Bonchev–Trinajstić information content (AvgIpc) is 3.27. The fourth-order valence-electron chi connectivity index (χ4n) is 8.51. The highest BCUT2D eigenvalue weighted by molar-refractivity contribution is 6.04. The number of ketones is 1. The number of amides is 1. The van der Waals surface area contributed by atoms with Gasteiger partial charge in [0.15, 0.2) is 5.78 Å². The Morgan fingerprint density at radius 3 is 2.33 bits per heavy atom. The highest BCUT2D eigenvalue weighted by Crippen LogP contribution is 2.70. The summed E-state index contributed by atoms with van der Waals surface area (Å²) in [6, 6.07) is 12.0. The van der Waals surface area contributed by atoms with Gasteiger partial charge in [-0.25, -0.2) is 4.79 Å². The Hall–Kier alpha value is -3.86. The summed E-state index contributed by atoms with van der Waals surface area (Å²) in [5, 5.41) is 23.3. The average molecular weight is 630 g/mol. The molecule has 45 heavy (non-hydrogen) atoms. The molecule has 0 heterocycles. The van der Waals surface area contributed by atoms with Crippen molar-refractivity contribution in [1.82, 2.24) is 0 Å². The molecule has 4 aliphatic rings. The topological polar surface area (TPSA) is 104 Å². The van der Waals surface area contributed by atoms with Gasteiger partial charge < -0.3 is 15.5 Å². The molecular weight excluding hydrogens is 597 g/mol. The van der Waals surface area contributed by atoms with Crippen molar-refractivity contribution in [3.63, 3.8) is 0 Å². The van der Waals surface area contributed by atoms with Gasteiger partial charge in [0.2, 0.25) is 0 Å². The molecule has 0 bridgehead atoms. The van der Waals surface area contributed by atoms with Gasteiger partial charge in [-0.2, -0.15) is 22.0 Å². The monoisotopic (exact) mass is 629 g/mol. The third-order valence-electron chi connectivity index (χ3n) is 10.7. The molecule has 1 amide bonds. The maximum absolute atomic E-state index is 15.2. The summed E-state index contributed by atoms with van der Waals surface area (Å²) in [6.07, 6.45) is -3.44. The SMILES string of the molecule is CC12C[C@H](c3ccc(C(=O)Nc4cccc(C(=O)O)c4)cc3)C3=C4CCC(=O)C=C4CCC3[C@@H]1CC[C@@]2(O)C(F)(F)C(F)(F)F. The van der Waals surface area contributed by atoms with Crippen LogP contribution in [-0.2, 0) is 4.79 Å². The molecule has 11 heteroatoms. The number of allylic oxidation sites excluding steroid dienone is 4. The lowest BCUT2D eigenvalue weighted by Crippen LogP contribution is -2.65. The molecule has 0 aromatic heterocycles. The van der Waals surface area contributed by atoms with Crippen LogP contribution in [0.25, 0.3) is 0 Å². The van der Waals surface area contributed by atoms with Crippen molar-refractivity contribution in [2.45, 2.75) is 75.5 Å². The van der Waals surface area contributed by atoms with E-state index in [2.05, 4.69) is 5.32 Å². The first-order valence-corrected chi connectivity index (χ1v) is 15.0. The van der Waals surface area contributed by atoms with Crippen LogP contribution in [-0.4, -0.2) is 45.6 Å². The fourth-order valence-corrected chi connectivity index (χ4v) is 8.51. The second kappa shape index (κ2) is 10.6. The Bertz CT molecular complexity index is 1640. The van der Waals surface area contributed by atoms with E-state index in [-0.39, 0.29) is 47.8 Å². The van der Waals surface area contributed by atoms with E-state index in [1.807, 2.05) is 0 Å². The van der Waals surface area contributed by atoms with E-state index in [4.69, 9.17) is 0 Å². The first kappa shape index (κ1) is 31.1. The largest absolute Gasteiger partial charge is 0.478 e. The number of carbonyl (C=O) groups excluding carboxylic acids is 2. The Labute approximate surface area is 256 Å². The Morgan fingerprint density at radius 1 is 0.956 bits per heavy atom. The molecule has 2 saturated carbocycles. The van der Waals surface area contributed by atoms with Crippen LogP contribution in [0.2, 0.25) is 0 Å². The number of carboxylic acids is 1. The molecule has 2 aromatic carbocycles. The van der Waals surface area contributed by atoms with Crippen molar-refractivity contribution < 1.29 is 46.5 Å². The first-order valence-electron chi connectivity index (χ1n) is 15.0. The summed E-state index contributed by atoms with van der Waals surface area (Å²) in [5.74, 6) is -8.59. The van der Waals surface area contributed by atoms with Crippen molar-refractivity contribution in [3.8, 4) is 0 Å². The van der Waals surface area contributed by atoms with Crippen molar-refractivity contribution in [2.24, 2.45) is 17.3 Å². The molecule has 5 atom stereocenters. The molecule has 6 nitrogen and oxygen atoms in total. The molecule has 0 saturated heterocycles. The van der Waals surface area contributed by atoms with Gasteiger partial charge in [-0.3, -0.25) is 9.59 Å². The predicted molar refractivity (Wildman–Crippen MR) is 154 cm³/mol. The normalized spacial score (nSPS) is 29.8. The number of hydrogen-bond donors (Lipinski definition) is 3. The highest BCUT2D eigenvalue weighted by atomic mass is 19.4. The second-order valence-electron chi connectivity index (χ2n) is 12.9. The molecule has 3 N–H and O–H groups in total. The van der Waals surface area contributed by atoms with Crippen LogP contribution in [0.15, 0.2) is 71.3 Å². The van der Waals surface area contributed by atoms with Gasteiger partial charge in [0, 0.05) is 29.0 Å². The highest BCUT2D eigenvalue weighted by Gasteiger charge is 2.79. The van der Waals surface area contributed by atoms with E-state index in [1.54, 1.807) is 18.2 Å². The predicted octanol–water partition coefficient (Wildman–Crippen LogP) is 7.47. The number of nitrogens with one attached hydrogen (secondary N) is 1. The molecule has 0 radical (unpaired) electrons. The van der Waals surface area contributed by atoms with Crippen molar-refractivity contribution in [1.29, 1.82) is 0 Å².